The van der Waals surface area contributed by atoms with Gasteiger partial charge in [-0.3, -0.25) is 4.98 Å². The second-order valence-corrected chi connectivity index (χ2v) is 6.38. The Morgan fingerprint density at radius 1 is 1.32 bits per heavy atom. The van der Waals surface area contributed by atoms with Crippen LogP contribution in [0, 0.1) is 5.92 Å². The number of nitrogens with zero attached hydrogens (tertiary/aromatic N) is 1. The van der Waals surface area contributed by atoms with E-state index in [4.69, 9.17) is 0 Å². The summed E-state index contributed by atoms with van der Waals surface area (Å²) in [6.07, 6.45) is 3.88. The lowest BCUT2D eigenvalue weighted by atomic mass is 10.0. The van der Waals surface area contributed by atoms with Gasteiger partial charge in [0.1, 0.15) is 4.90 Å². The van der Waals surface area contributed by atoms with Gasteiger partial charge >= 0.3 is 0 Å². The van der Waals surface area contributed by atoms with Crippen LogP contribution in [-0.2, 0) is 10.0 Å². The summed E-state index contributed by atoms with van der Waals surface area (Å²) in [4.78, 5) is 4.11. The van der Waals surface area contributed by atoms with Gasteiger partial charge in [-0.1, -0.05) is 20.3 Å². The van der Waals surface area contributed by atoms with Gasteiger partial charge in [0.25, 0.3) is 0 Å². The Labute approximate surface area is 115 Å². The highest BCUT2D eigenvalue weighted by Gasteiger charge is 2.23. The molecule has 2 unspecified atom stereocenters. The molecule has 0 fully saturated rings. The van der Waals surface area contributed by atoms with Crippen molar-refractivity contribution in [1.29, 1.82) is 0 Å². The van der Waals surface area contributed by atoms with Crippen LogP contribution >= 0.6 is 0 Å². The van der Waals surface area contributed by atoms with Gasteiger partial charge in [0.05, 0.1) is 5.69 Å². The molecule has 2 N–H and O–H groups in total. The lowest BCUT2D eigenvalue weighted by Crippen LogP contribution is -2.37. The standard InChI is InChI=1S/C13H23N3O2S/c1-5-10(3)11(4)16-19(17,18)13-9-14-8-7-12(13)15-6-2/h7-11,16H,5-6H2,1-4H3,(H,14,15). The number of rotatable bonds is 7. The highest BCUT2D eigenvalue weighted by atomic mass is 32.2. The molecule has 6 heteroatoms. The molecular formula is C13H23N3O2S. The van der Waals surface area contributed by atoms with Crippen LogP contribution in [0.25, 0.3) is 0 Å². The molecule has 0 saturated heterocycles. The SMILES string of the molecule is CCNc1ccncc1S(=O)(=O)NC(C)C(C)CC. The van der Waals surface area contributed by atoms with Crippen LogP contribution in [0.1, 0.15) is 34.1 Å². The summed E-state index contributed by atoms with van der Waals surface area (Å²) in [6, 6.07) is 1.57. The summed E-state index contributed by atoms with van der Waals surface area (Å²) >= 11 is 0. The van der Waals surface area contributed by atoms with Crippen molar-refractivity contribution < 1.29 is 8.42 Å². The minimum absolute atomic E-state index is 0.107. The van der Waals surface area contributed by atoms with E-state index in [0.29, 0.717) is 12.2 Å². The fourth-order valence-electron chi connectivity index (χ4n) is 1.71. The van der Waals surface area contributed by atoms with E-state index in [1.807, 2.05) is 27.7 Å². The maximum atomic E-state index is 12.4. The number of anilines is 1. The fourth-order valence-corrected chi connectivity index (χ4v) is 3.19. The summed E-state index contributed by atoms with van der Waals surface area (Å²) in [7, 11) is -3.54. The Kier molecular flexibility index (Phi) is 5.75. The predicted octanol–water partition coefficient (Wildman–Crippen LogP) is 2.23. The number of sulfonamides is 1. The maximum Gasteiger partial charge on any atom is 0.244 e. The highest BCUT2D eigenvalue weighted by Crippen LogP contribution is 2.20. The Bertz CT molecular complexity index is 502. The van der Waals surface area contributed by atoms with Crippen molar-refractivity contribution in [2.75, 3.05) is 11.9 Å². The number of pyridine rings is 1. The molecule has 0 aliphatic carbocycles. The van der Waals surface area contributed by atoms with E-state index in [9.17, 15) is 8.42 Å². The first-order chi connectivity index (χ1) is 8.92. The lowest BCUT2D eigenvalue weighted by molar-refractivity contribution is 0.434. The van der Waals surface area contributed by atoms with Crippen LogP contribution in [0.5, 0.6) is 0 Å². The average molecular weight is 285 g/mol. The van der Waals surface area contributed by atoms with Gasteiger partial charge < -0.3 is 5.32 Å². The fraction of sp³-hybridized carbons (Fsp3) is 0.615. The molecule has 0 radical (unpaired) electrons. The highest BCUT2D eigenvalue weighted by molar-refractivity contribution is 7.89. The van der Waals surface area contributed by atoms with Gasteiger partial charge in [-0.15, -0.1) is 0 Å². The summed E-state index contributed by atoms with van der Waals surface area (Å²) < 4.78 is 27.4. The lowest BCUT2D eigenvalue weighted by Gasteiger charge is -2.20. The zero-order chi connectivity index (χ0) is 14.5. The van der Waals surface area contributed by atoms with Crippen molar-refractivity contribution in [3.05, 3.63) is 18.5 Å². The third kappa shape index (κ3) is 4.18. The summed E-state index contributed by atoms with van der Waals surface area (Å²) in [6.45, 7) is 8.54. The van der Waals surface area contributed by atoms with Crippen molar-refractivity contribution in [3.8, 4) is 0 Å². The summed E-state index contributed by atoms with van der Waals surface area (Å²) in [5, 5.41) is 3.04. The largest absolute Gasteiger partial charge is 0.384 e. The van der Waals surface area contributed by atoms with E-state index in [-0.39, 0.29) is 16.9 Å². The van der Waals surface area contributed by atoms with Crippen LogP contribution in [-0.4, -0.2) is 26.0 Å². The first kappa shape index (κ1) is 15.9. The molecule has 0 saturated carbocycles. The molecule has 0 aromatic carbocycles. The monoisotopic (exact) mass is 285 g/mol. The molecule has 0 spiro atoms. The third-order valence-corrected chi connectivity index (χ3v) is 4.87. The maximum absolute atomic E-state index is 12.4. The normalized spacial score (nSPS) is 14.9. The van der Waals surface area contributed by atoms with E-state index in [1.54, 1.807) is 12.3 Å². The number of nitrogens with one attached hydrogen (secondary N) is 2. The van der Waals surface area contributed by atoms with Gasteiger partial charge in [-0.05, 0) is 25.8 Å². The van der Waals surface area contributed by atoms with Gasteiger partial charge in [-0.2, -0.15) is 0 Å². The second kappa shape index (κ2) is 6.86. The van der Waals surface area contributed by atoms with Crippen molar-refractivity contribution in [1.82, 2.24) is 9.71 Å². The molecule has 0 aliphatic heterocycles. The third-order valence-electron chi connectivity index (χ3n) is 3.28. The molecule has 0 aliphatic rings. The molecule has 1 aromatic rings. The van der Waals surface area contributed by atoms with Gasteiger partial charge in [0.15, 0.2) is 0 Å². The van der Waals surface area contributed by atoms with Crippen LogP contribution in [0.4, 0.5) is 5.69 Å². The van der Waals surface area contributed by atoms with Crippen molar-refractivity contribution >= 4 is 15.7 Å². The Morgan fingerprint density at radius 3 is 2.58 bits per heavy atom. The first-order valence-corrected chi connectivity index (χ1v) is 8.10. The molecule has 19 heavy (non-hydrogen) atoms. The molecule has 1 heterocycles. The van der Waals surface area contributed by atoms with E-state index in [0.717, 1.165) is 6.42 Å². The Hall–Kier alpha value is -1.14. The molecule has 108 valence electrons. The van der Waals surface area contributed by atoms with Crippen LogP contribution in [0.2, 0.25) is 0 Å². The van der Waals surface area contributed by atoms with Crippen molar-refractivity contribution in [2.24, 2.45) is 5.92 Å². The Morgan fingerprint density at radius 2 is 2.00 bits per heavy atom. The minimum atomic E-state index is -3.54. The van der Waals surface area contributed by atoms with Crippen molar-refractivity contribution in [2.45, 2.75) is 45.1 Å². The van der Waals surface area contributed by atoms with E-state index in [1.165, 1.54) is 6.20 Å². The zero-order valence-electron chi connectivity index (χ0n) is 12.0. The molecular weight excluding hydrogens is 262 g/mol. The Balaban J connectivity index is 3.00. The van der Waals surface area contributed by atoms with Gasteiger partial charge in [-0.25, -0.2) is 13.1 Å². The molecule has 0 bridgehead atoms. The molecule has 1 rings (SSSR count). The molecule has 0 amide bonds. The minimum Gasteiger partial charge on any atom is -0.384 e. The molecule has 1 aromatic heterocycles. The molecule has 2 atom stereocenters. The first-order valence-electron chi connectivity index (χ1n) is 6.62. The second-order valence-electron chi connectivity index (χ2n) is 4.70. The quantitative estimate of drug-likeness (QED) is 0.806. The number of hydrogen-bond acceptors (Lipinski definition) is 4. The van der Waals surface area contributed by atoms with Gasteiger partial charge in [0.2, 0.25) is 10.0 Å². The van der Waals surface area contributed by atoms with Crippen LogP contribution < -0.4 is 10.0 Å². The topological polar surface area (TPSA) is 71.1 Å². The van der Waals surface area contributed by atoms with Crippen molar-refractivity contribution in [3.63, 3.8) is 0 Å². The average Bonchev–Trinajstić information content (AvgIpc) is 2.38. The smallest absolute Gasteiger partial charge is 0.244 e. The summed E-state index contributed by atoms with van der Waals surface area (Å²) in [5.74, 6) is 0.286. The van der Waals surface area contributed by atoms with Crippen LogP contribution in [0.15, 0.2) is 23.4 Å². The van der Waals surface area contributed by atoms with E-state index >= 15 is 0 Å². The number of aromatic nitrogens is 1. The molecule has 5 nitrogen and oxygen atoms in total. The van der Waals surface area contributed by atoms with Crippen LogP contribution in [0.3, 0.4) is 0 Å². The predicted molar refractivity (Wildman–Crippen MR) is 77.6 cm³/mol. The van der Waals surface area contributed by atoms with E-state index < -0.39 is 10.0 Å². The van der Waals surface area contributed by atoms with Gasteiger partial charge in [0, 0.05) is 25.0 Å². The number of hydrogen-bond donors (Lipinski definition) is 2. The summed E-state index contributed by atoms with van der Waals surface area (Å²) in [5.41, 5.74) is 0.585. The van der Waals surface area contributed by atoms with E-state index in [2.05, 4.69) is 15.0 Å². The zero-order valence-corrected chi connectivity index (χ0v) is 12.8.